The molecule has 0 N–H and O–H groups in total. The fourth-order valence-corrected chi connectivity index (χ4v) is 4.65. The first-order valence-electron chi connectivity index (χ1n) is 10.4. The summed E-state index contributed by atoms with van der Waals surface area (Å²) >= 11 is 0. The lowest BCUT2D eigenvalue weighted by molar-refractivity contribution is -0.121. The Bertz CT molecular complexity index is 1040. The van der Waals surface area contributed by atoms with Crippen molar-refractivity contribution < 1.29 is 18.7 Å². The van der Waals surface area contributed by atoms with Crippen LogP contribution in [-0.4, -0.2) is 18.3 Å². The van der Waals surface area contributed by atoms with Gasteiger partial charge >= 0.3 is 0 Å². The van der Waals surface area contributed by atoms with Crippen LogP contribution in [0.4, 0.5) is 10.1 Å². The van der Waals surface area contributed by atoms with Crippen LogP contribution in [-0.2, 0) is 9.59 Å². The second-order valence-electron chi connectivity index (χ2n) is 8.74. The molecule has 4 nitrogen and oxygen atoms in total. The molecule has 1 amide bonds. The third kappa shape index (κ3) is 3.64. The molecule has 0 aromatic heterocycles. The van der Waals surface area contributed by atoms with E-state index in [1.807, 2.05) is 45.0 Å². The molecule has 5 heteroatoms. The largest absolute Gasteiger partial charge is 0.494 e. The topological polar surface area (TPSA) is 46.6 Å². The number of halogens is 1. The summed E-state index contributed by atoms with van der Waals surface area (Å²) in [6, 6.07) is 13.6. The molecule has 2 aromatic carbocycles. The molecule has 1 atom stereocenters. The SMILES string of the molecule is CCOc1ccccc1C1CC(=O)N(c2cccc(F)c2)C2=C1C(=O)CC(C)(C)C2. The molecule has 0 saturated carbocycles. The minimum Gasteiger partial charge on any atom is -0.494 e. The summed E-state index contributed by atoms with van der Waals surface area (Å²) in [5, 5.41) is 0. The van der Waals surface area contributed by atoms with Crippen LogP contribution < -0.4 is 9.64 Å². The van der Waals surface area contributed by atoms with Crippen molar-refractivity contribution in [3.8, 4) is 5.75 Å². The smallest absolute Gasteiger partial charge is 0.232 e. The summed E-state index contributed by atoms with van der Waals surface area (Å²) in [4.78, 5) is 28.2. The Balaban J connectivity index is 1.91. The highest BCUT2D eigenvalue weighted by Gasteiger charge is 2.45. The second kappa shape index (κ2) is 7.71. The molecule has 156 valence electrons. The first-order chi connectivity index (χ1) is 14.3. The van der Waals surface area contributed by atoms with Gasteiger partial charge in [0.2, 0.25) is 5.91 Å². The predicted molar refractivity (Wildman–Crippen MR) is 114 cm³/mol. The number of ether oxygens (including phenoxy) is 1. The Morgan fingerprint density at radius 1 is 1.10 bits per heavy atom. The van der Waals surface area contributed by atoms with Gasteiger partial charge in [-0.2, -0.15) is 0 Å². The standard InChI is InChI=1S/C25H26FNO3/c1-4-30-22-11-6-5-10-18(22)19-13-23(29)27(17-9-7-8-16(26)12-17)20-14-25(2,3)15-21(28)24(19)20/h5-12,19H,4,13-15H2,1-3H3. The van der Waals surface area contributed by atoms with Crippen LogP contribution in [0.5, 0.6) is 5.75 Å². The number of rotatable bonds is 4. The molecule has 0 bridgehead atoms. The molecule has 2 aliphatic rings. The number of hydrogen-bond acceptors (Lipinski definition) is 3. The number of para-hydroxylation sites is 1. The Labute approximate surface area is 176 Å². The molecule has 30 heavy (non-hydrogen) atoms. The van der Waals surface area contributed by atoms with Crippen molar-refractivity contribution in [2.75, 3.05) is 11.5 Å². The lowest BCUT2D eigenvalue weighted by Gasteiger charge is -2.43. The molecule has 0 radical (unpaired) electrons. The van der Waals surface area contributed by atoms with Gasteiger partial charge in [-0.3, -0.25) is 14.5 Å². The molecule has 0 saturated heterocycles. The van der Waals surface area contributed by atoms with E-state index >= 15 is 0 Å². The number of carbonyl (C=O) groups is 2. The number of nitrogens with zero attached hydrogens (tertiary/aromatic N) is 1. The predicted octanol–water partition coefficient (Wildman–Crippen LogP) is 5.39. The second-order valence-corrected chi connectivity index (χ2v) is 8.74. The van der Waals surface area contributed by atoms with Gasteiger partial charge in [0.1, 0.15) is 11.6 Å². The summed E-state index contributed by atoms with van der Waals surface area (Å²) in [5.41, 5.74) is 2.39. The lowest BCUT2D eigenvalue weighted by Crippen LogP contribution is -2.43. The molecule has 0 spiro atoms. The summed E-state index contributed by atoms with van der Waals surface area (Å²) in [6.07, 6.45) is 1.14. The number of hydrogen-bond donors (Lipinski definition) is 0. The van der Waals surface area contributed by atoms with Crippen molar-refractivity contribution in [2.45, 2.75) is 46.0 Å². The zero-order valence-corrected chi connectivity index (χ0v) is 17.6. The quantitative estimate of drug-likeness (QED) is 0.683. The third-order valence-electron chi connectivity index (χ3n) is 5.80. The number of benzene rings is 2. The highest BCUT2D eigenvalue weighted by atomic mass is 19.1. The number of allylic oxidation sites excluding steroid dienone is 2. The van der Waals surface area contributed by atoms with Crippen LogP contribution in [0, 0.1) is 11.2 Å². The number of Topliss-reactive ketones (excluding diaryl/α,β-unsaturated/α-hetero) is 1. The maximum atomic E-state index is 13.9. The van der Waals surface area contributed by atoms with E-state index in [1.165, 1.54) is 12.1 Å². The maximum absolute atomic E-state index is 13.9. The van der Waals surface area contributed by atoms with E-state index in [4.69, 9.17) is 4.74 Å². The van der Waals surface area contributed by atoms with Crippen molar-refractivity contribution in [1.82, 2.24) is 0 Å². The molecular weight excluding hydrogens is 381 g/mol. The van der Waals surface area contributed by atoms with Crippen LogP contribution >= 0.6 is 0 Å². The highest BCUT2D eigenvalue weighted by Crippen LogP contribution is 2.49. The van der Waals surface area contributed by atoms with E-state index in [9.17, 15) is 14.0 Å². The van der Waals surface area contributed by atoms with Crippen molar-refractivity contribution in [2.24, 2.45) is 5.41 Å². The van der Waals surface area contributed by atoms with E-state index in [2.05, 4.69) is 0 Å². The van der Waals surface area contributed by atoms with Gasteiger partial charge < -0.3 is 4.74 Å². The average molecular weight is 407 g/mol. The Hall–Kier alpha value is -2.95. The van der Waals surface area contributed by atoms with Crippen LogP contribution in [0.2, 0.25) is 0 Å². The van der Waals surface area contributed by atoms with Gasteiger partial charge in [0.15, 0.2) is 5.78 Å². The van der Waals surface area contributed by atoms with E-state index in [-0.39, 0.29) is 29.4 Å². The van der Waals surface area contributed by atoms with Gasteiger partial charge in [-0.1, -0.05) is 38.1 Å². The summed E-state index contributed by atoms with van der Waals surface area (Å²) < 4.78 is 19.7. The maximum Gasteiger partial charge on any atom is 0.232 e. The number of amides is 1. The van der Waals surface area contributed by atoms with E-state index in [0.29, 0.717) is 42.2 Å². The molecule has 4 rings (SSSR count). The van der Waals surface area contributed by atoms with E-state index in [1.54, 1.807) is 17.0 Å². The minimum absolute atomic E-state index is 0.0476. The van der Waals surface area contributed by atoms with Gasteiger partial charge in [0.25, 0.3) is 0 Å². The molecule has 0 fully saturated rings. The molecule has 1 aliphatic heterocycles. The number of carbonyl (C=O) groups excluding carboxylic acids is 2. The van der Waals surface area contributed by atoms with Gasteiger partial charge in [-0.25, -0.2) is 4.39 Å². The van der Waals surface area contributed by atoms with Crippen molar-refractivity contribution in [3.05, 3.63) is 71.2 Å². The third-order valence-corrected chi connectivity index (χ3v) is 5.80. The van der Waals surface area contributed by atoms with Crippen molar-refractivity contribution >= 4 is 17.4 Å². The first-order valence-corrected chi connectivity index (χ1v) is 10.4. The molecule has 1 heterocycles. The first kappa shape index (κ1) is 20.3. The Morgan fingerprint density at radius 3 is 2.60 bits per heavy atom. The molecular formula is C25H26FNO3. The van der Waals surface area contributed by atoms with Crippen LogP contribution in [0.25, 0.3) is 0 Å². The summed E-state index contributed by atoms with van der Waals surface area (Å²) in [6.45, 7) is 6.47. The lowest BCUT2D eigenvalue weighted by atomic mass is 9.69. The van der Waals surface area contributed by atoms with Crippen LogP contribution in [0.15, 0.2) is 59.8 Å². The summed E-state index contributed by atoms with van der Waals surface area (Å²) in [5.74, 6) is -0.162. The normalized spacial score (nSPS) is 20.9. The fourth-order valence-electron chi connectivity index (χ4n) is 4.65. The van der Waals surface area contributed by atoms with Crippen LogP contribution in [0.3, 0.4) is 0 Å². The monoisotopic (exact) mass is 407 g/mol. The van der Waals surface area contributed by atoms with Crippen LogP contribution in [0.1, 0.15) is 51.5 Å². The van der Waals surface area contributed by atoms with E-state index < -0.39 is 5.82 Å². The van der Waals surface area contributed by atoms with E-state index in [0.717, 1.165) is 5.56 Å². The van der Waals surface area contributed by atoms with Crippen molar-refractivity contribution in [1.29, 1.82) is 0 Å². The van der Waals surface area contributed by atoms with Gasteiger partial charge in [-0.15, -0.1) is 0 Å². The zero-order valence-electron chi connectivity index (χ0n) is 17.6. The van der Waals surface area contributed by atoms with Gasteiger partial charge in [0.05, 0.1) is 12.3 Å². The minimum atomic E-state index is -0.410. The number of ketones is 1. The summed E-state index contributed by atoms with van der Waals surface area (Å²) in [7, 11) is 0. The molecule has 1 unspecified atom stereocenters. The van der Waals surface area contributed by atoms with Gasteiger partial charge in [-0.05, 0) is 43.0 Å². The Kier molecular flexibility index (Phi) is 5.22. The number of anilines is 1. The van der Waals surface area contributed by atoms with Crippen molar-refractivity contribution in [3.63, 3.8) is 0 Å². The Morgan fingerprint density at radius 2 is 1.87 bits per heavy atom. The highest BCUT2D eigenvalue weighted by molar-refractivity contribution is 6.07. The molecule has 1 aliphatic carbocycles. The van der Waals surface area contributed by atoms with Gasteiger partial charge in [0, 0.05) is 35.6 Å². The fraction of sp³-hybridized carbons (Fsp3) is 0.360. The zero-order chi connectivity index (χ0) is 21.5. The average Bonchev–Trinajstić information content (AvgIpc) is 2.67. The molecule has 2 aromatic rings.